The molecule has 0 fully saturated rings. The predicted molar refractivity (Wildman–Crippen MR) is 117 cm³/mol. The Morgan fingerprint density at radius 3 is 2.53 bits per heavy atom. The van der Waals surface area contributed by atoms with Crippen LogP contribution in [-0.4, -0.2) is 40.1 Å². The molecule has 2 aromatic carbocycles. The second-order valence-corrected chi connectivity index (χ2v) is 7.71. The fraction of sp³-hybridized carbons (Fsp3) is 0.348. The lowest BCUT2D eigenvalue weighted by Crippen LogP contribution is -2.53. The van der Waals surface area contributed by atoms with Crippen LogP contribution in [0.25, 0.3) is 11.0 Å². The number of benzene rings is 2. The summed E-state index contributed by atoms with van der Waals surface area (Å²) in [6.45, 7) is 5.20. The van der Waals surface area contributed by atoms with E-state index in [9.17, 15) is 9.59 Å². The molecule has 3 aromatic rings. The monoisotopic (exact) mass is 405 g/mol. The summed E-state index contributed by atoms with van der Waals surface area (Å²) in [5.74, 6) is 0.448. The van der Waals surface area contributed by atoms with Crippen LogP contribution >= 0.6 is 0 Å². The van der Waals surface area contributed by atoms with Gasteiger partial charge >= 0.3 is 6.03 Å². The first-order chi connectivity index (χ1) is 14.6. The molecule has 30 heavy (non-hydrogen) atoms. The molecular formula is C23H27N5O2. The van der Waals surface area contributed by atoms with Gasteiger partial charge in [-0.15, -0.1) is 0 Å². The van der Waals surface area contributed by atoms with Gasteiger partial charge in [0.1, 0.15) is 6.04 Å². The van der Waals surface area contributed by atoms with Gasteiger partial charge in [0.15, 0.2) is 0 Å². The molecule has 1 aromatic heterocycles. The Labute approximate surface area is 176 Å². The van der Waals surface area contributed by atoms with Crippen LogP contribution in [0.2, 0.25) is 0 Å². The van der Waals surface area contributed by atoms with Crippen molar-refractivity contribution in [3.63, 3.8) is 0 Å². The molecule has 0 aliphatic carbocycles. The highest BCUT2D eigenvalue weighted by atomic mass is 16.2. The van der Waals surface area contributed by atoms with E-state index >= 15 is 0 Å². The van der Waals surface area contributed by atoms with E-state index in [1.54, 1.807) is 4.90 Å². The molecule has 2 atom stereocenters. The molecule has 3 amide bonds. The molecule has 1 aliphatic rings. The number of imidazole rings is 1. The minimum absolute atomic E-state index is 0.0451. The Kier molecular flexibility index (Phi) is 5.70. The van der Waals surface area contributed by atoms with Gasteiger partial charge in [-0.2, -0.15) is 0 Å². The van der Waals surface area contributed by atoms with E-state index in [0.717, 1.165) is 23.0 Å². The minimum atomic E-state index is -0.660. The first-order valence-electron chi connectivity index (χ1n) is 10.4. The first kappa shape index (κ1) is 19.9. The number of amides is 3. The Hall–Kier alpha value is -3.35. The Morgan fingerprint density at radius 2 is 1.77 bits per heavy atom. The van der Waals surface area contributed by atoms with Gasteiger partial charge in [0, 0.05) is 25.6 Å². The number of fused-ring (bicyclic) bond motifs is 3. The van der Waals surface area contributed by atoms with Crippen molar-refractivity contribution in [1.29, 1.82) is 0 Å². The van der Waals surface area contributed by atoms with Gasteiger partial charge in [-0.25, -0.2) is 9.78 Å². The van der Waals surface area contributed by atoms with E-state index < -0.39 is 6.04 Å². The predicted octanol–water partition coefficient (Wildman–Crippen LogP) is 3.09. The normalized spacial score (nSPS) is 14.9. The highest BCUT2D eigenvalue weighted by molar-refractivity contribution is 5.96. The molecule has 0 unspecified atom stereocenters. The zero-order valence-electron chi connectivity index (χ0n) is 17.3. The number of carbonyl (C=O) groups is 2. The number of hydrogen-bond donors (Lipinski definition) is 2. The van der Waals surface area contributed by atoms with Crippen LogP contribution in [0.4, 0.5) is 10.7 Å². The summed E-state index contributed by atoms with van der Waals surface area (Å²) < 4.78 is 2.04. The van der Waals surface area contributed by atoms with Gasteiger partial charge in [0.25, 0.3) is 0 Å². The number of nitrogens with one attached hydrogen (secondary N) is 2. The number of aromatic nitrogens is 2. The van der Waals surface area contributed by atoms with E-state index in [4.69, 9.17) is 0 Å². The number of carbonyl (C=O) groups excluding carboxylic acids is 2. The molecule has 0 radical (unpaired) electrons. The molecule has 0 saturated carbocycles. The third kappa shape index (κ3) is 4.01. The molecule has 0 spiro atoms. The van der Waals surface area contributed by atoms with Crippen molar-refractivity contribution in [1.82, 2.24) is 20.2 Å². The summed E-state index contributed by atoms with van der Waals surface area (Å²) in [5.41, 5.74) is 2.87. The summed E-state index contributed by atoms with van der Waals surface area (Å²) >= 11 is 0. The summed E-state index contributed by atoms with van der Waals surface area (Å²) in [6, 6.07) is 16.7. The maximum atomic E-state index is 13.1. The highest BCUT2D eigenvalue weighted by Crippen LogP contribution is 2.27. The SMILES string of the molecule is CC[C@H](C)NC(=O)[C@H](Cc1ccccc1)NC(=O)N1CCn2c1nc1ccccc12. The minimum Gasteiger partial charge on any atom is -0.352 e. The third-order valence-electron chi connectivity index (χ3n) is 5.57. The lowest BCUT2D eigenvalue weighted by atomic mass is 10.0. The number of nitrogens with zero attached hydrogens (tertiary/aromatic N) is 3. The van der Waals surface area contributed by atoms with Gasteiger partial charge in [0.2, 0.25) is 11.9 Å². The van der Waals surface area contributed by atoms with Crippen molar-refractivity contribution < 1.29 is 9.59 Å². The lowest BCUT2D eigenvalue weighted by Gasteiger charge is -2.23. The average molecular weight is 406 g/mol. The topological polar surface area (TPSA) is 79.3 Å². The second-order valence-electron chi connectivity index (χ2n) is 7.71. The highest BCUT2D eigenvalue weighted by Gasteiger charge is 2.31. The summed E-state index contributed by atoms with van der Waals surface area (Å²) in [7, 11) is 0. The number of hydrogen-bond acceptors (Lipinski definition) is 3. The van der Waals surface area contributed by atoms with Crippen LogP contribution in [-0.2, 0) is 17.8 Å². The quantitative estimate of drug-likeness (QED) is 0.661. The van der Waals surface area contributed by atoms with Crippen molar-refractivity contribution in [2.45, 2.75) is 45.3 Å². The van der Waals surface area contributed by atoms with Crippen molar-refractivity contribution in [2.75, 3.05) is 11.4 Å². The van der Waals surface area contributed by atoms with E-state index in [-0.39, 0.29) is 18.0 Å². The number of urea groups is 1. The van der Waals surface area contributed by atoms with Gasteiger partial charge < -0.3 is 15.2 Å². The molecule has 2 N–H and O–H groups in total. The molecule has 1 aliphatic heterocycles. The fourth-order valence-corrected chi connectivity index (χ4v) is 3.71. The number of para-hydroxylation sites is 2. The van der Waals surface area contributed by atoms with Crippen molar-refractivity contribution in [2.24, 2.45) is 0 Å². The largest absolute Gasteiger partial charge is 0.352 e. The third-order valence-corrected chi connectivity index (χ3v) is 5.57. The van der Waals surface area contributed by atoms with Gasteiger partial charge in [-0.3, -0.25) is 9.69 Å². The Bertz CT molecular complexity index is 1050. The second kappa shape index (κ2) is 8.57. The van der Waals surface area contributed by atoms with Crippen LogP contribution in [0.15, 0.2) is 54.6 Å². The summed E-state index contributed by atoms with van der Waals surface area (Å²) in [4.78, 5) is 32.3. The zero-order chi connectivity index (χ0) is 21.1. The molecule has 7 heteroatoms. The van der Waals surface area contributed by atoms with Crippen molar-refractivity contribution >= 4 is 28.9 Å². The number of rotatable bonds is 6. The van der Waals surface area contributed by atoms with Crippen LogP contribution in [0, 0.1) is 0 Å². The Morgan fingerprint density at radius 1 is 1.03 bits per heavy atom. The van der Waals surface area contributed by atoms with Crippen LogP contribution < -0.4 is 15.5 Å². The average Bonchev–Trinajstić information content (AvgIpc) is 3.33. The maximum absolute atomic E-state index is 13.1. The molecule has 7 nitrogen and oxygen atoms in total. The first-order valence-corrected chi connectivity index (χ1v) is 10.4. The molecule has 156 valence electrons. The van der Waals surface area contributed by atoms with Crippen LogP contribution in [0.5, 0.6) is 0 Å². The lowest BCUT2D eigenvalue weighted by molar-refractivity contribution is -0.123. The van der Waals surface area contributed by atoms with E-state index in [2.05, 4.69) is 15.6 Å². The smallest absolute Gasteiger partial charge is 0.324 e. The maximum Gasteiger partial charge on any atom is 0.324 e. The molecule has 4 rings (SSSR count). The summed E-state index contributed by atoms with van der Waals surface area (Å²) in [5, 5.41) is 5.94. The van der Waals surface area contributed by atoms with E-state index in [1.807, 2.05) is 73.0 Å². The van der Waals surface area contributed by atoms with Crippen LogP contribution in [0.1, 0.15) is 25.8 Å². The molecular weight excluding hydrogens is 378 g/mol. The van der Waals surface area contributed by atoms with Crippen molar-refractivity contribution in [3.8, 4) is 0 Å². The van der Waals surface area contributed by atoms with E-state index in [1.165, 1.54) is 0 Å². The van der Waals surface area contributed by atoms with Crippen molar-refractivity contribution in [3.05, 3.63) is 60.2 Å². The van der Waals surface area contributed by atoms with E-state index in [0.29, 0.717) is 25.5 Å². The molecule has 0 saturated heterocycles. The standard InChI is InChI=1S/C23H27N5O2/c1-3-16(2)24-21(29)19(15-17-9-5-4-6-10-17)26-23(30)28-14-13-27-20-12-8-7-11-18(20)25-22(27)28/h4-12,16,19H,3,13-15H2,1-2H3,(H,24,29)(H,26,30)/t16-,19-/m0/s1. The van der Waals surface area contributed by atoms with Crippen LogP contribution in [0.3, 0.4) is 0 Å². The molecule has 0 bridgehead atoms. The van der Waals surface area contributed by atoms with Gasteiger partial charge in [-0.05, 0) is 31.0 Å². The zero-order valence-corrected chi connectivity index (χ0v) is 17.3. The van der Waals surface area contributed by atoms with Gasteiger partial charge in [0.05, 0.1) is 11.0 Å². The fourth-order valence-electron chi connectivity index (χ4n) is 3.71. The molecule has 2 heterocycles. The Balaban J connectivity index is 1.54. The summed E-state index contributed by atoms with van der Waals surface area (Å²) in [6.07, 6.45) is 1.26. The number of anilines is 1. The van der Waals surface area contributed by atoms with Gasteiger partial charge in [-0.1, -0.05) is 49.4 Å².